The van der Waals surface area contributed by atoms with Crippen LogP contribution in [0.15, 0.2) is 21.2 Å². The average Bonchev–Trinajstić information content (AvgIpc) is 3.08. The van der Waals surface area contributed by atoms with Crippen LogP contribution in [0.3, 0.4) is 0 Å². The lowest BCUT2D eigenvalue weighted by molar-refractivity contribution is 0.0992. The molecule has 0 N–H and O–H groups in total. The zero-order valence-electron chi connectivity index (χ0n) is 15.2. The minimum absolute atomic E-state index is 0.277. The molecule has 1 amide bonds. The summed E-state index contributed by atoms with van der Waals surface area (Å²) in [6.07, 6.45) is 1.89. The molecule has 9 heteroatoms. The van der Waals surface area contributed by atoms with Gasteiger partial charge in [0.1, 0.15) is 5.65 Å². The fourth-order valence-corrected chi connectivity index (χ4v) is 3.67. The highest BCUT2D eigenvalue weighted by Gasteiger charge is 2.23. The first-order valence-corrected chi connectivity index (χ1v) is 8.93. The van der Waals surface area contributed by atoms with Crippen molar-refractivity contribution in [1.82, 2.24) is 19.1 Å². The van der Waals surface area contributed by atoms with Crippen LogP contribution in [0.2, 0.25) is 0 Å². The van der Waals surface area contributed by atoms with E-state index in [1.165, 1.54) is 34.0 Å². The summed E-state index contributed by atoms with van der Waals surface area (Å²) >= 11 is 1.37. The number of carbonyl (C=O) groups excluding carboxylic acids is 1. The van der Waals surface area contributed by atoms with E-state index in [9.17, 15) is 14.4 Å². The van der Waals surface area contributed by atoms with Crippen molar-refractivity contribution in [3.05, 3.63) is 49.2 Å². The number of aromatic nitrogens is 4. The maximum Gasteiger partial charge on any atom is 0.332 e. The van der Waals surface area contributed by atoms with E-state index >= 15 is 0 Å². The Morgan fingerprint density at radius 1 is 1.27 bits per heavy atom. The van der Waals surface area contributed by atoms with Gasteiger partial charge in [-0.15, -0.1) is 11.3 Å². The van der Waals surface area contributed by atoms with E-state index in [1.54, 1.807) is 14.1 Å². The number of nitrogens with zero attached hydrogens (tertiary/aromatic N) is 5. The van der Waals surface area contributed by atoms with Crippen molar-refractivity contribution in [3.8, 4) is 0 Å². The molecule has 0 saturated heterocycles. The third kappa shape index (κ3) is 2.64. The summed E-state index contributed by atoms with van der Waals surface area (Å²) in [5.41, 5.74) is 1.13. The molecule has 3 aromatic heterocycles. The van der Waals surface area contributed by atoms with Crippen molar-refractivity contribution in [2.75, 3.05) is 11.9 Å². The number of hydrogen-bond acceptors (Lipinski definition) is 6. The minimum atomic E-state index is -0.452. The van der Waals surface area contributed by atoms with Gasteiger partial charge in [-0.2, -0.15) is 0 Å². The van der Waals surface area contributed by atoms with Crippen LogP contribution < -0.4 is 16.1 Å². The number of hydrogen-bond donors (Lipinski definition) is 0. The largest absolute Gasteiger partial charge is 0.332 e. The molecule has 136 valence electrons. The standard InChI is InChI=1S/C17H19N5O3S/c1-6-10-11(14(23)21(4)16-19-9(2)8-26-16)7-18-13-12(10)15(24)22(5)17(25)20(13)3/h7-8H,6H2,1-5H3. The van der Waals surface area contributed by atoms with Crippen LogP contribution in [-0.4, -0.2) is 32.1 Å². The molecule has 0 saturated carbocycles. The van der Waals surface area contributed by atoms with E-state index in [1.807, 2.05) is 19.2 Å². The van der Waals surface area contributed by atoms with Crippen molar-refractivity contribution < 1.29 is 4.79 Å². The Balaban J connectivity index is 2.26. The molecular formula is C17H19N5O3S. The highest BCUT2D eigenvalue weighted by Crippen LogP contribution is 2.23. The van der Waals surface area contributed by atoms with Crippen LogP contribution in [0.5, 0.6) is 0 Å². The smallest absolute Gasteiger partial charge is 0.287 e. The van der Waals surface area contributed by atoms with Gasteiger partial charge in [-0.1, -0.05) is 6.92 Å². The molecule has 0 fully saturated rings. The van der Waals surface area contributed by atoms with E-state index < -0.39 is 11.2 Å². The van der Waals surface area contributed by atoms with E-state index in [2.05, 4.69) is 9.97 Å². The molecule has 0 aromatic carbocycles. The van der Waals surface area contributed by atoms with E-state index in [4.69, 9.17) is 0 Å². The van der Waals surface area contributed by atoms with E-state index in [0.29, 0.717) is 28.1 Å². The lowest BCUT2D eigenvalue weighted by Gasteiger charge is -2.17. The Hall–Kier alpha value is -2.81. The monoisotopic (exact) mass is 373 g/mol. The van der Waals surface area contributed by atoms with Gasteiger partial charge in [-0.25, -0.2) is 14.8 Å². The van der Waals surface area contributed by atoms with Gasteiger partial charge in [0.25, 0.3) is 11.5 Å². The predicted molar refractivity (Wildman–Crippen MR) is 101 cm³/mol. The second-order valence-corrected chi connectivity index (χ2v) is 6.88. The van der Waals surface area contributed by atoms with Crippen molar-refractivity contribution in [2.24, 2.45) is 14.1 Å². The summed E-state index contributed by atoms with van der Waals surface area (Å²) in [6.45, 7) is 3.72. The Morgan fingerprint density at radius 2 is 1.96 bits per heavy atom. The van der Waals surface area contributed by atoms with Gasteiger partial charge in [-0.3, -0.25) is 23.6 Å². The van der Waals surface area contributed by atoms with E-state index in [0.717, 1.165) is 10.3 Å². The fourth-order valence-electron chi connectivity index (χ4n) is 2.90. The lowest BCUT2D eigenvalue weighted by atomic mass is 10.0. The highest BCUT2D eigenvalue weighted by molar-refractivity contribution is 7.14. The number of rotatable bonds is 3. The van der Waals surface area contributed by atoms with Crippen molar-refractivity contribution in [1.29, 1.82) is 0 Å². The summed E-state index contributed by atoms with van der Waals surface area (Å²) in [5, 5.41) is 2.74. The number of carbonyl (C=O) groups is 1. The molecule has 8 nitrogen and oxygen atoms in total. The first-order valence-electron chi connectivity index (χ1n) is 8.05. The normalized spacial score (nSPS) is 11.1. The summed E-state index contributed by atoms with van der Waals surface area (Å²) < 4.78 is 2.35. The van der Waals surface area contributed by atoms with Gasteiger partial charge in [0.2, 0.25) is 0 Å². The SMILES string of the molecule is CCc1c(C(=O)N(C)c2nc(C)cs2)cnc2c1c(=O)n(C)c(=O)n2C. The summed E-state index contributed by atoms with van der Waals surface area (Å²) in [5.74, 6) is -0.290. The molecule has 3 rings (SSSR count). The molecule has 0 unspecified atom stereocenters. The Kier molecular flexibility index (Phi) is 4.49. The fraction of sp³-hybridized carbons (Fsp3) is 0.353. The number of anilines is 1. The van der Waals surface area contributed by atoms with Gasteiger partial charge in [0, 0.05) is 32.7 Å². The lowest BCUT2D eigenvalue weighted by Crippen LogP contribution is -2.38. The molecule has 0 bridgehead atoms. The van der Waals surface area contributed by atoms with Gasteiger partial charge >= 0.3 is 5.69 Å². The number of aryl methyl sites for hydroxylation is 3. The van der Waals surface area contributed by atoms with Crippen molar-refractivity contribution >= 4 is 33.4 Å². The van der Waals surface area contributed by atoms with Crippen LogP contribution in [0, 0.1) is 6.92 Å². The molecule has 0 spiro atoms. The Morgan fingerprint density at radius 3 is 2.54 bits per heavy atom. The summed E-state index contributed by atoms with van der Waals surface area (Å²) in [7, 11) is 4.62. The second kappa shape index (κ2) is 6.49. The van der Waals surface area contributed by atoms with E-state index in [-0.39, 0.29) is 11.6 Å². The average molecular weight is 373 g/mol. The molecule has 0 aliphatic rings. The van der Waals surface area contributed by atoms with Gasteiger partial charge in [0.05, 0.1) is 16.6 Å². The summed E-state index contributed by atoms with van der Waals surface area (Å²) in [4.78, 5) is 47.8. The quantitative estimate of drug-likeness (QED) is 0.689. The van der Waals surface area contributed by atoms with Crippen LogP contribution >= 0.6 is 11.3 Å². The van der Waals surface area contributed by atoms with Crippen molar-refractivity contribution in [2.45, 2.75) is 20.3 Å². The summed E-state index contributed by atoms with van der Waals surface area (Å²) in [6, 6.07) is 0. The van der Waals surface area contributed by atoms with Crippen LogP contribution in [0.1, 0.15) is 28.5 Å². The van der Waals surface area contributed by atoms with Gasteiger partial charge < -0.3 is 0 Å². The Labute approximate surface area is 153 Å². The number of thiazole rings is 1. The molecule has 3 aromatic rings. The minimum Gasteiger partial charge on any atom is -0.287 e. The number of fused-ring (bicyclic) bond motifs is 1. The first-order chi connectivity index (χ1) is 12.3. The molecular weight excluding hydrogens is 354 g/mol. The predicted octanol–water partition coefficient (Wildman–Crippen LogP) is 1.24. The maximum absolute atomic E-state index is 13.0. The third-order valence-corrected chi connectivity index (χ3v) is 5.39. The number of amides is 1. The highest BCUT2D eigenvalue weighted by atomic mass is 32.1. The molecule has 3 heterocycles. The zero-order valence-corrected chi connectivity index (χ0v) is 16.0. The first kappa shape index (κ1) is 18.0. The molecule has 0 atom stereocenters. The Bertz CT molecular complexity index is 1140. The van der Waals surface area contributed by atoms with Crippen LogP contribution in [0.25, 0.3) is 11.0 Å². The van der Waals surface area contributed by atoms with Crippen molar-refractivity contribution in [3.63, 3.8) is 0 Å². The van der Waals surface area contributed by atoms with Crippen LogP contribution in [-0.2, 0) is 20.5 Å². The number of pyridine rings is 1. The molecule has 26 heavy (non-hydrogen) atoms. The molecule has 0 aliphatic heterocycles. The third-order valence-electron chi connectivity index (χ3n) is 4.36. The van der Waals surface area contributed by atoms with Crippen LogP contribution in [0.4, 0.5) is 5.13 Å². The van der Waals surface area contributed by atoms with Gasteiger partial charge in [-0.05, 0) is 18.9 Å². The topological polar surface area (TPSA) is 90.1 Å². The zero-order chi connectivity index (χ0) is 19.2. The van der Waals surface area contributed by atoms with Gasteiger partial charge in [0.15, 0.2) is 5.13 Å². The molecule has 0 radical (unpaired) electrons. The maximum atomic E-state index is 13.0. The second-order valence-electron chi connectivity index (χ2n) is 6.04. The molecule has 0 aliphatic carbocycles.